The molecule has 0 aliphatic heterocycles. The summed E-state index contributed by atoms with van der Waals surface area (Å²) in [5, 5.41) is 3.32. The molecule has 1 heterocycles. The van der Waals surface area contributed by atoms with Crippen molar-refractivity contribution in [1.82, 2.24) is 10.3 Å². The van der Waals surface area contributed by atoms with Crippen LogP contribution in [0, 0.1) is 0 Å². The summed E-state index contributed by atoms with van der Waals surface area (Å²) in [6.45, 7) is 3.79. The lowest BCUT2D eigenvalue weighted by molar-refractivity contribution is 0.408. The van der Waals surface area contributed by atoms with Crippen LogP contribution >= 0.6 is 0 Å². The molecule has 0 fully saturated rings. The Bertz CT molecular complexity index is 570. The summed E-state index contributed by atoms with van der Waals surface area (Å²) < 4.78 is 10.6. The van der Waals surface area contributed by atoms with Crippen LogP contribution in [-0.4, -0.2) is 25.7 Å². The topological polar surface area (TPSA) is 43.4 Å². The highest BCUT2D eigenvalue weighted by Crippen LogP contribution is 2.28. The van der Waals surface area contributed by atoms with Crippen molar-refractivity contribution in [1.29, 1.82) is 0 Å². The third-order valence-corrected chi connectivity index (χ3v) is 3.13. The quantitative estimate of drug-likeness (QED) is 0.878. The van der Waals surface area contributed by atoms with Gasteiger partial charge >= 0.3 is 0 Å². The predicted octanol–water partition coefficient (Wildman–Crippen LogP) is 2.88. The molecule has 0 saturated carbocycles. The number of nitrogens with zero attached hydrogens (tertiary/aromatic N) is 1. The minimum Gasteiger partial charge on any atom is -0.496 e. The highest BCUT2D eigenvalue weighted by atomic mass is 16.5. The van der Waals surface area contributed by atoms with Crippen molar-refractivity contribution in [3.63, 3.8) is 0 Å². The maximum Gasteiger partial charge on any atom is 0.137 e. The normalized spacial score (nSPS) is 10.3. The Morgan fingerprint density at radius 3 is 2.60 bits per heavy atom. The summed E-state index contributed by atoms with van der Waals surface area (Å²) in [6.07, 6.45) is 3.54. The Labute approximate surface area is 119 Å². The van der Waals surface area contributed by atoms with Gasteiger partial charge in [-0.15, -0.1) is 0 Å². The van der Waals surface area contributed by atoms with Gasteiger partial charge in [0.2, 0.25) is 0 Å². The lowest BCUT2D eigenvalue weighted by Crippen LogP contribution is -2.12. The molecule has 1 aromatic heterocycles. The highest BCUT2D eigenvalue weighted by molar-refractivity contribution is 5.66. The summed E-state index contributed by atoms with van der Waals surface area (Å²) in [6, 6.07) is 8.12. The van der Waals surface area contributed by atoms with Gasteiger partial charge in [0, 0.05) is 23.9 Å². The zero-order chi connectivity index (χ0) is 14.4. The van der Waals surface area contributed by atoms with Crippen LogP contribution in [0.4, 0.5) is 0 Å². The number of hydrogen-bond acceptors (Lipinski definition) is 4. The molecule has 0 spiro atoms. The van der Waals surface area contributed by atoms with E-state index in [-0.39, 0.29) is 0 Å². The molecule has 1 aromatic carbocycles. The van der Waals surface area contributed by atoms with Crippen LogP contribution in [0.25, 0.3) is 11.1 Å². The number of benzene rings is 1. The fourth-order valence-electron chi connectivity index (χ4n) is 2.04. The van der Waals surface area contributed by atoms with E-state index in [0.717, 1.165) is 41.3 Å². The number of aromatic nitrogens is 1. The molecular formula is C16H20N2O2. The summed E-state index contributed by atoms with van der Waals surface area (Å²) in [7, 11) is 3.34. The molecule has 0 unspecified atom stereocenters. The first-order valence-electron chi connectivity index (χ1n) is 6.65. The van der Waals surface area contributed by atoms with Crippen LogP contribution in [-0.2, 0) is 6.54 Å². The smallest absolute Gasteiger partial charge is 0.137 e. The number of rotatable bonds is 6. The Balaban J connectivity index is 2.36. The number of pyridine rings is 1. The average Bonchev–Trinajstić information content (AvgIpc) is 2.52. The van der Waals surface area contributed by atoms with Crippen molar-refractivity contribution < 1.29 is 9.47 Å². The van der Waals surface area contributed by atoms with E-state index in [2.05, 4.69) is 23.3 Å². The lowest BCUT2D eigenvalue weighted by Gasteiger charge is -2.11. The molecule has 2 rings (SSSR count). The molecule has 0 amide bonds. The number of nitrogens with one attached hydrogen (secondary N) is 1. The largest absolute Gasteiger partial charge is 0.496 e. The van der Waals surface area contributed by atoms with Gasteiger partial charge in [-0.2, -0.15) is 0 Å². The third kappa shape index (κ3) is 3.27. The van der Waals surface area contributed by atoms with Crippen molar-refractivity contribution >= 4 is 0 Å². The Hall–Kier alpha value is -2.07. The fourth-order valence-corrected chi connectivity index (χ4v) is 2.04. The first-order valence-corrected chi connectivity index (χ1v) is 6.65. The average molecular weight is 272 g/mol. The maximum atomic E-state index is 5.40. The number of hydrogen-bond donors (Lipinski definition) is 1. The van der Waals surface area contributed by atoms with Crippen LogP contribution in [0.3, 0.4) is 0 Å². The minimum atomic E-state index is 0.756. The van der Waals surface area contributed by atoms with E-state index in [1.54, 1.807) is 20.4 Å². The van der Waals surface area contributed by atoms with Crippen LogP contribution < -0.4 is 14.8 Å². The number of ether oxygens (including phenoxy) is 2. The Morgan fingerprint density at radius 2 is 1.90 bits per heavy atom. The molecule has 0 radical (unpaired) electrons. The van der Waals surface area contributed by atoms with Crippen molar-refractivity contribution in [3.8, 4) is 22.6 Å². The van der Waals surface area contributed by atoms with Gasteiger partial charge in [0.15, 0.2) is 0 Å². The lowest BCUT2D eigenvalue weighted by atomic mass is 10.0. The first kappa shape index (κ1) is 14.3. The van der Waals surface area contributed by atoms with E-state index >= 15 is 0 Å². The Morgan fingerprint density at radius 1 is 1.05 bits per heavy atom. The molecule has 0 aliphatic carbocycles. The SMILES string of the molecule is CCNCc1cc(-c2cncc(OC)c2)ccc1OC. The molecule has 2 aromatic rings. The van der Waals surface area contributed by atoms with E-state index in [0.29, 0.717) is 0 Å². The third-order valence-electron chi connectivity index (χ3n) is 3.13. The van der Waals surface area contributed by atoms with Gasteiger partial charge in [-0.25, -0.2) is 0 Å². The zero-order valence-electron chi connectivity index (χ0n) is 12.1. The summed E-state index contributed by atoms with van der Waals surface area (Å²) in [5.74, 6) is 1.65. The van der Waals surface area contributed by atoms with E-state index in [1.165, 1.54) is 0 Å². The molecule has 0 bridgehead atoms. The maximum absolute atomic E-state index is 5.40. The van der Waals surface area contributed by atoms with E-state index in [9.17, 15) is 0 Å². The molecule has 0 atom stereocenters. The summed E-state index contributed by atoms with van der Waals surface area (Å²) in [5.41, 5.74) is 3.27. The van der Waals surface area contributed by atoms with Crippen LogP contribution in [0.15, 0.2) is 36.7 Å². The minimum absolute atomic E-state index is 0.756. The molecule has 20 heavy (non-hydrogen) atoms. The highest BCUT2D eigenvalue weighted by Gasteiger charge is 2.06. The monoisotopic (exact) mass is 272 g/mol. The fraction of sp³-hybridized carbons (Fsp3) is 0.312. The first-order chi connectivity index (χ1) is 9.78. The van der Waals surface area contributed by atoms with Gasteiger partial charge in [-0.3, -0.25) is 4.98 Å². The van der Waals surface area contributed by atoms with Gasteiger partial charge in [0.25, 0.3) is 0 Å². The second-order valence-corrected chi connectivity index (χ2v) is 4.42. The second-order valence-electron chi connectivity index (χ2n) is 4.42. The van der Waals surface area contributed by atoms with Crippen molar-refractivity contribution in [2.75, 3.05) is 20.8 Å². The molecule has 1 N–H and O–H groups in total. The van der Waals surface area contributed by atoms with Gasteiger partial charge < -0.3 is 14.8 Å². The Kier molecular flexibility index (Phi) is 4.96. The molecule has 4 heteroatoms. The summed E-state index contributed by atoms with van der Waals surface area (Å²) >= 11 is 0. The van der Waals surface area contributed by atoms with Crippen LogP contribution in [0.2, 0.25) is 0 Å². The van der Waals surface area contributed by atoms with E-state index in [1.807, 2.05) is 24.4 Å². The van der Waals surface area contributed by atoms with Crippen molar-refractivity contribution in [2.24, 2.45) is 0 Å². The van der Waals surface area contributed by atoms with Gasteiger partial charge in [0.05, 0.1) is 20.4 Å². The van der Waals surface area contributed by atoms with E-state index in [4.69, 9.17) is 9.47 Å². The molecule has 0 aliphatic rings. The van der Waals surface area contributed by atoms with Crippen molar-refractivity contribution in [2.45, 2.75) is 13.5 Å². The zero-order valence-corrected chi connectivity index (χ0v) is 12.1. The van der Waals surface area contributed by atoms with Gasteiger partial charge in [0.1, 0.15) is 11.5 Å². The molecular weight excluding hydrogens is 252 g/mol. The van der Waals surface area contributed by atoms with Crippen molar-refractivity contribution in [3.05, 3.63) is 42.2 Å². The van der Waals surface area contributed by atoms with Gasteiger partial charge in [-0.1, -0.05) is 13.0 Å². The molecule has 106 valence electrons. The molecule has 0 saturated heterocycles. The number of methoxy groups -OCH3 is 2. The van der Waals surface area contributed by atoms with Crippen LogP contribution in [0.5, 0.6) is 11.5 Å². The standard InChI is InChI=1S/C16H20N2O2/c1-4-17-10-14-7-12(5-6-16(14)20-3)13-8-15(19-2)11-18-9-13/h5-9,11,17H,4,10H2,1-3H3. The summed E-state index contributed by atoms with van der Waals surface area (Å²) in [4.78, 5) is 4.19. The van der Waals surface area contributed by atoms with Crippen LogP contribution in [0.1, 0.15) is 12.5 Å². The van der Waals surface area contributed by atoms with Gasteiger partial charge in [-0.05, 0) is 30.3 Å². The molecule has 4 nitrogen and oxygen atoms in total. The van der Waals surface area contributed by atoms with E-state index < -0.39 is 0 Å². The second kappa shape index (κ2) is 6.91. The predicted molar refractivity (Wildman–Crippen MR) is 80.2 cm³/mol.